The van der Waals surface area contributed by atoms with Crippen molar-refractivity contribution >= 4 is 22.9 Å². The van der Waals surface area contributed by atoms with Gasteiger partial charge in [0.25, 0.3) is 0 Å². The highest BCUT2D eigenvalue weighted by Gasteiger charge is 2.23. The van der Waals surface area contributed by atoms with Crippen LogP contribution >= 0.6 is 22.9 Å². The van der Waals surface area contributed by atoms with Crippen molar-refractivity contribution in [3.05, 3.63) is 50.2 Å². The maximum atomic E-state index is 13.1. The second kappa shape index (κ2) is 6.42. The highest BCUT2D eigenvalue weighted by atomic mass is 35.5. The van der Waals surface area contributed by atoms with Crippen LogP contribution in [0, 0.1) is 5.82 Å². The zero-order valence-corrected chi connectivity index (χ0v) is 14.3. The summed E-state index contributed by atoms with van der Waals surface area (Å²) in [5.74, 6) is -0.311. The van der Waals surface area contributed by atoms with Crippen LogP contribution in [0.2, 0.25) is 5.02 Å². The van der Waals surface area contributed by atoms with E-state index in [2.05, 4.69) is 26.1 Å². The monoisotopic (exact) mass is 326 g/mol. The molecule has 0 bridgehead atoms. The van der Waals surface area contributed by atoms with Gasteiger partial charge in [-0.2, -0.15) is 0 Å². The molecule has 0 radical (unpaired) electrons. The first-order chi connectivity index (χ1) is 9.81. The Morgan fingerprint density at radius 2 is 2.05 bits per heavy atom. The van der Waals surface area contributed by atoms with E-state index in [1.165, 1.54) is 17.0 Å². The number of hydrogen-bond acceptors (Lipinski definition) is 3. The second-order valence-electron chi connectivity index (χ2n) is 6.07. The lowest BCUT2D eigenvalue weighted by molar-refractivity contribution is 0.561. The van der Waals surface area contributed by atoms with Gasteiger partial charge in [-0.15, -0.1) is 11.3 Å². The van der Waals surface area contributed by atoms with Crippen LogP contribution in [0.3, 0.4) is 0 Å². The first-order valence-electron chi connectivity index (χ1n) is 6.89. The molecule has 0 aliphatic carbocycles. The number of aromatic nitrogens is 1. The highest BCUT2D eigenvalue weighted by molar-refractivity contribution is 7.11. The molecule has 5 heteroatoms. The summed E-state index contributed by atoms with van der Waals surface area (Å²) < 4.78 is 13.1. The SMILES string of the molecule is CNCc1sc(Cc2ccc(F)cc2Cl)nc1C(C)(C)C. The Kier molecular flexibility index (Phi) is 5.02. The Morgan fingerprint density at radius 3 is 2.62 bits per heavy atom. The maximum Gasteiger partial charge on any atom is 0.124 e. The Bertz CT molecular complexity index is 632. The molecular weight excluding hydrogens is 307 g/mol. The molecule has 0 spiro atoms. The van der Waals surface area contributed by atoms with Gasteiger partial charge in [-0.1, -0.05) is 38.4 Å². The standard InChI is InChI=1S/C16H20ClFN2S/c1-16(2,3)15-13(9-19-4)21-14(20-15)7-10-5-6-11(18)8-12(10)17/h5-6,8,19H,7,9H2,1-4H3. The average molecular weight is 327 g/mol. The van der Waals surface area contributed by atoms with Crippen molar-refractivity contribution < 1.29 is 4.39 Å². The van der Waals surface area contributed by atoms with Crippen molar-refractivity contribution in [1.82, 2.24) is 10.3 Å². The van der Waals surface area contributed by atoms with Gasteiger partial charge in [-0.3, -0.25) is 0 Å². The minimum Gasteiger partial charge on any atom is -0.315 e. The molecule has 2 rings (SSSR count). The highest BCUT2D eigenvalue weighted by Crippen LogP contribution is 2.31. The van der Waals surface area contributed by atoms with Crippen molar-refractivity contribution in [2.75, 3.05) is 7.05 Å². The topological polar surface area (TPSA) is 24.9 Å². The second-order valence-corrected chi connectivity index (χ2v) is 7.65. The maximum absolute atomic E-state index is 13.1. The van der Waals surface area contributed by atoms with E-state index in [1.54, 1.807) is 17.4 Å². The van der Waals surface area contributed by atoms with Gasteiger partial charge in [0.1, 0.15) is 5.82 Å². The Hall–Kier alpha value is -0.970. The van der Waals surface area contributed by atoms with Gasteiger partial charge in [0.2, 0.25) is 0 Å². The van der Waals surface area contributed by atoms with Gasteiger partial charge in [0.05, 0.1) is 10.7 Å². The Balaban J connectivity index is 2.32. The van der Waals surface area contributed by atoms with Crippen LogP contribution in [0.5, 0.6) is 0 Å². The quantitative estimate of drug-likeness (QED) is 0.892. The van der Waals surface area contributed by atoms with E-state index in [1.807, 2.05) is 7.05 Å². The van der Waals surface area contributed by atoms with Crippen LogP contribution < -0.4 is 5.32 Å². The van der Waals surface area contributed by atoms with Crippen molar-refractivity contribution in [3.63, 3.8) is 0 Å². The molecule has 1 aromatic carbocycles. The van der Waals surface area contributed by atoms with E-state index in [0.29, 0.717) is 11.4 Å². The molecule has 114 valence electrons. The fourth-order valence-electron chi connectivity index (χ4n) is 2.17. The molecular formula is C16H20ClFN2S. The Morgan fingerprint density at radius 1 is 1.33 bits per heavy atom. The molecule has 0 aliphatic heterocycles. The summed E-state index contributed by atoms with van der Waals surface area (Å²) in [5, 5.41) is 4.66. The van der Waals surface area contributed by atoms with Crippen LogP contribution in [0.1, 0.15) is 41.9 Å². The smallest absolute Gasteiger partial charge is 0.124 e. The normalized spacial score (nSPS) is 11.9. The zero-order valence-electron chi connectivity index (χ0n) is 12.8. The van der Waals surface area contributed by atoms with E-state index in [-0.39, 0.29) is 11.2 Å². The fourth-order valence-corrected chi connectivity index (χ4v) is 3.72. The van der Waals surface area contributed by atoms with Gasteiger partial charge in [0.15, 0.2) is 0 Å². The van der Waals surface area contributed by atoms with Gasteiger partial charge < -0.3 is 5.32 Å². The van der Waals surface area contributed by atoms with Crippen molar-refractivity contribution in [2.24, 2.45) is 0 Å². The first kappa shape index (κ1) is 16.4. The van der Waals surface area contributed by atoms with Crippen molar-refractivity contribution in [1.29, 1.82) is 0 Å². The molecule has 2 aromatic rings. The van der Waals surface area contributed by atoms with Gasteiger partial charge in [-0.05, 0) is 24.7 Å². The Labute approximate surface area is 134 Å². The van der Waals surface area contributed by atoms with E-state index in [0.717, 1.165) is 22.8 Å². The minimum absolute atomic E-state index is 0.00746. The summed E-state index contributed by atoms with van der Waals surface area (Å²) in [5.41, 5.74) is 2.03. The van der Waals surface area contributed by atoms with Crippen LogP contribution in [0.4, 0.5) is 4.39 Å². The minimum atomic E-state index is -0.311. The number of hydrogen-bond donors (Lipinski definition) is 1. The number of rotatable bonds is 4. The summed E-state index contributed by atoms with van der Waals surface area (Å²) in [4.78, 5) is 6.03. The lowest BCUT2D eigenvalue weighted by atomic mass is 9.91. The van der Waals surface area contributed by atoms with E-state index in [9.17, 15) is 4.39 Å². The van der Waals surface area contributed by atoms with E-state index in [4.69, 9.17) is 16.6 Å². The zero-order chi connectivity index (χ0) is 15.6. The van der Waals surface area contributed by atoms with E-state index >= 15 is 0 Å². The van der Waals surface area contributed by atoms with Crippen molar-refractivity contribution in [3.8, 4) is 0 Å². The van der Waals surface area contributed by atoms with E-state index < -0.39 is 0 Å². The molecule has 0 saturated carbocycles. The summed E-state index contributed by atoms with van der Waals surface area (Å²) in [6, 6.07) is 4.52. The third-order valence-corrected chi connectivity index (χ3v) is 4.55. The molecule has 0 saturated heterocycles. The molecule has 1 aromatic heterocycles. The summed E-state index contributed by atoms with van der Waals surface area (Å²) >= 11 is 7.79. The number of nitrogens with one attached hydrogen (secondary N) is 1. The third-order valence-electron chi connectivity index (χ3n) is 3.15. The molecule has 0 amide bonds. The lowest BCUT2D eigenvalue weighted by Gasteiger charge is -2.17. The van der Waals surface area contributed by atoms with Crippen LogP contribution in [0.15, 0.2) is 18.2 Å². The first-order valence-corrected chi connectivity index (χ1v) is 8.08. The molecule has 0 unspecified atom stereocenters. The largest absolute Gasteiger partial charge is 0.315 e. The van der Waals surface area contributed by atoms with Crippen LogP contribution in [0.25, 0.3) is 0 Å². The van der Waals surface area contributed by atoms with Gasteiger partial charge in [0, 0.05) is 28.3 Å². The molecule has 1 heterocycles. The molecule has 1 N–H and O–H groups in total. The average Bonchev–Trinajstić information content (AvgIpc) is 2.76. The summed E-state index contributed by atoms with van der Waals surface area (Å²) in [7, 11) is 1.93. The van der Waals surface area contributed by atoms with Crippen LogP contribution in [-0.4, -0.2) is 12.0 Å². The predicted molar refractivity (Wildman–Crippen MR) is 87.8 cm³/mol. The number of thiazole rings is 1. The molecule has 0 fully saturated rings. The van der Waals surface area contributed by atoms with Crippen molar-refractivity contribution in [2.45, 2.75) is 39.2 Å². The number of nitrogens with zero attached hydrogens (tertiary/aromatic N) is 1. The van der Waals surface area contributed by atoms with Gasteiger partial charge in [-0.25, -0.2) is 9.37 Å². The number of benzene rings is 1. The summed E-state index contributed by atoms with van der Waals surface area (Å²) in [6.45, 7) is 7.29. The van der Waals surface area contributed by atoms with Gasteiger partial charge >= 0.3 is 0 Å². The molecule has 0 atom stereocenters. The summed E-state index contributed by atoms with van der Waals surface area (Å²) in [6.07, 6.45) is 0.635. The predicted octanol–water partition coefficient (Wildman–Crippen LogP) is 4.54. The third kappa shape index (κ3) is 4.02. The molecule has 0 aliphatic rings. The van der Waals surface area contributed by atoms with Crippen LogP contribution in [-0.2, 0) is 18.4 Å². The molecule has 2 nitrogen and oxygen atoms in total. The number of halogens is 2. The molecule has 21 heavy (non-hydrogen) atoms. The lowest BCUT2D eigenvalue weighted by Crippen LogP contribution is -2.16. The fraction of sp³-hybridized carbons (Fsp3) is 0.438.